The smallest absolute Gasteiger partial charge is 0.407 e. The van der Waals surface area contributed by atoms with Crippen LogP contribution in [0, 0.1) is 0 Å². The van der Waals surface area contributed by atoms with Crippen LogP contribution in [-0.2, 0) is 32.2 Å². The van der Waals surface area contributed by atoms with Crippen molar-refractivity contribution in [2.24, 2.45) is 0 Å². The van der Waals surface area contributed by atoms with Gasteiger partial charge < -0.3 is 24.8 Å². The minimum atomic E-state index is -1.23. The van der Waals surface area contributed by atoms with Crippen LogP contribution in [-0.4, -0.2) is 34.8 Å². The highest BCUT2D eigenvalue weighted by molar-refractivity contribution is 6.30. The number of hydrogen-bond donors (Lipinski definition) is 2. The Balaban J connectivity index is 1.72. The van der Waals surface area contributed by atoms with Crippen LogP contribution in [0.2, 0.25) is 5.02 Å². The molecule has 3 aromatic rings. The molecule has 0 aliphatic carbocycles. The molecule has 1 heterocycles. The fourth-order valence-electron chi connectivity index (χ4n) is 4.41. The summed E-state index contributed by atoms with van der Waals surface area (Å²) >= 11 is 6.40. The van der Waals surface area contributed by atoms with Crippen molar-refractivity contribution < 1.29 is 29.0 Å². The van der Waals surface area contributed by atoms with Crippen molar-refractivity contribution >= 4 is 35.3 Å². The predicted molar refractivity (Wildman–Crippen MR) is 148 cm³/mol. The van der Waals surface area contributed by atoms with E-state index in [0.29, 0.717) is 21.8 Å². The Morgan fingerprint density at radius 2 is 1.74 bits per heavy atom. The molecule has 204 valence electrons. The van der Waals surface area contributed by atoms with Crippen LogP contribution >= 0.6 is 11.6 Å². The number of aliphatic carboxylic acids is 1. The van der Waals surface area contributed by atoms with E-state index in [1.807, 2.05) is 54.6 Å². The maximum atomic E-state index is 13.7. The molecule has 2 unspecified atom stereocenters. The molecule has 0 bridgehead atoms. The molecule has 1 aliphatic heterocycles. The van der Waals surface area contributed by atoms with E-state index in [2.05, 4.69) is 5.32 Å². The van der Waals surface area contributed by atoms with Crippen molar-refractivity contribution in [3.63, 3.8) is 0 Å². The number of carbonyl (C=O) groups is 3. The standard InChI is InChI=1S/C30H31ClN2O6/c1-30(2,3)39-29(37)32-17-20-10-7-11-21(14-20)27-23-15-22(31)12-13-24(23)33(18-19-8-5-4-6-9-19)28(36)25(38-27)16-26(34)35/h4-15,25,27H,16-18H2,1-3H3,(H,32,37)(H,34,35). The van der Waals surface area contributed by atoms with Gasteiger partial charge in [0.25, 0.3) is 5.91 Å². The van der Waals surface area contributed by atoms with Gasteiger partial charge in [-0.2, -0.15) is 0 Å². The second-order valence-electron chi connectivity index (χ2n) is 10.3. The molecule has 0 spiro atoms. The molecule has 0 aromatic heterocycles. The van der Waals surface area contributed by atoms with E-state index < -0.39 is 42.2 Å². The van der Waals surface area contributed by atoms with Crippen LogP contribution in [0.5, 0.6) is 0 Å². The van der Waals surface area contributed by atoms with Crippen LogP contribution in [0.4, 0.5) is 10.5 Å². The summed E-state index contributed by atoms with van der Waals surface area (Å²) in [6.07, 6.45) is -3.05. The summed E-state index contributed by atoms with van der Waals surface area (Å²) in [6, 6.07) is 22.0. The van der Waals surface area contributed by atoms with E-state index in [4.69, 9.17) is 21.1 Å². The van der Waals surface area contributed by atoms with E-state index in [9.17, 15) is 19.5 Å². The molecule has 8 nitrogen and oxygen atoms in total. The largest absolute Gasteiger partial charge is 0.481 e. The van der Waals surface area contributed by atoms with Gasteiger partial charge >= 0.3 is 12.1 Å². The Labute approximate surface area is 232 Å². The summed E-state index contributed by atoms with van der Waals surface area (Å²) < 4.78 is 11.6. The first kappa shape index (κ1) is 28.1. The molecule has 1 aliphatic rings. The highest BCUT2D eigenvalue weighted by Crippen LogP contribution is 2.40. The molecule has 0 fully saturated rings. The average molecular weight is 551 g/mol. The first-order valence-electron chi connectivity index (χ1n) is 12.6. The minimum absolute atomic E-state index is 0.204. The number of carboxylic acid groups (broad SMARTS) is 1. The van der Waals surface area contributed by atoms with Gasteiger partial charge in [-0.25, -0.2) is 4.79 Å². The number of benzene rings is 3. The van der Waals surface area contributed by atoms with Crippen molar-refractivity contribution in [2.45, 2.75) is 58.1 Å². The van der Waals surface area contributed by atoms with Crippen molar-refractivity contribution in [3.8, 4) is 0 Å². The van der Waals surface area contributed by atoms with Crippen molar-refractivity contribution in [3.05, 3.63) is 100 Å². The first-order valence-corrected chi connectivity index (χ1v) is 13.0. The predicted octanol–water partition coefficient (Wildman–Crippen LogP) is 5.86. The van der Waals surface area contributed by atoms with Gasteiger partial charge in [0.05, 0.1) is 18.7 Å². The maximum Gasteiger partial charge on any atom is 0.407 e. The molecule has 39 heavy (non-hydrogen) atoms. The van der Waals surface area contributed by atoms with Crippen molar-refractivity contribution in [2.75, 3.05) is 4.90 Å². The van der Waals surface area contributed by atoms with E-state index in [1.54, 1.807) is 43.9 Å². The number of amides is 2. The Morgan fingerprint density at radius 1 is 1.03 bits per heavy atom. The van der Waals surface area contributed by atoms with Crippen LogP contribution in [0.15, 0.2) is 72.8 Å². The molecular weight excluding hydrogens is 520 g/mol. The molecule has 2 amide bonds. The number of alkyl carbamates (subject to hydrolysis) is 1. The van der Waals surface area contributed by atoms with Gasteiger partial charge in [0.15, 0.2) is 0 Å². The maximum absolute atomic E-state index is 13.7. The summed E-state index contributed by atoms with van der Waals surface area (Å²) in [5, 5.41) is 12.8. The van der Waals surface area contributed by atoms with Gasteiger partial charge in [0.1, 0.15) is 17.8 Å². The van der Waals surface area contributed by atoms with Crippen LogP contribution in [0.25, 0.3) is 0 Å². The van der Waals surface area contributed by atoms with Crippen molar-refractivity contribution in [1.29, 1.82) is 0 Å². The van der Waals surface area contributed by atoms with E-state index in [0.717, 1.165) is 11.1 Å². The van der Waals surface area contributed by atoms with E-state index in [-0.39, 0.29) is 13.1 Å². The number of anilines is 1. The highest BCUT2D eigenvalue weighted by atomic mass is 35.5. The number of nitrogens with zero attached hydrogens (tertiary/aromatic N) is 1. The third-order valence-corrected chi connectivity index (χ3v) is 6.27. The number of halogens is 1. The number of nitrogens with one attached hydrogen (secondary N) is 1. The third kappa shape index (κ3) is 7.37. The number of fused-ring (bicyclic) bond motifs is 1. The molecule has 2 atom stereocenters. The molecule has 2 N–H and O–H groups in total. The zero-order valence-corrected chi connectivity index (χ0v) is 22.8. The normalized spacial score (nSPS) is 17.2. The number of ether oxygens (including phenoxy) is 2. The summed E-state index contributed by atoms with van der Waals surface area (Å²) in [5.41, 5.74) is 2.94. The zero-order valence-electron chi connectivity index (χ0n) is 22.0. The second kappa shape index (κ2) is 11.9. The van der Waals surface area contributed by atoms with Gasteiger partial charge in [-0.05, 0) is 55.7 Å². The summed E-state index contributed by atoms with van der Waals surface area (Å²) in [6.45, 7) is 5.80. The van der Waals surface area contributed by atoms with Crippen LogP contribution in [0.1, 0.15) is 55.5 Å². The van der Waals surface area contributed by atoms with Crippen molar-refractivity contribution in [1.82, 2.24) is 5.32 Å². The van der Waals surface area contributed by atoms with Crippen LogP contribution < -0.4 is 10.2 Å². The number of rotatable bonds is 7. The lowest BCUT2D eigenvalue weighted by Crippen LogP contribution is -2.40. The van der Waals surface area contributed by atoms with Gasteiger partial charge in [0, 0.05) is 17.1 Å². The quantitative estimate of drug-likeness (QED) is 0.382. The summed E-state index contributed by atoms with van der Waals surface area (Å²) in [5.74, 6) is -1.60. The van der Waals surface area contributed by atoms with Gasteiger partial charge in [0.2, 0.25) is 0 Å². The number of carbonyl (C=O) groups excluding carboxylic acids is 2. The Kier molecular flexibility index (Phi) is 8.57. The molecular formula is C30H31ClN2O6. The Bertz CT molecular complexity index is 1360. The molecule has 0 saturated carbocycles. The SMILES string of the molecule is CC(C)(C)OC(=O)NCc1cccc(C2OC(CC(=O)O)C(=O)N(Cc3ccccc3)c3ccc(Cl)cc32)c1. The fourth-order valence-corrected chi connectivity index (χ4v) is 4.59. The third-order valence-electron chi connectivity index (χ3n) is 6.04. The number of hydrogen-bond acceptors (Lipinski definition) is 5. The Morgan fingerprint density at radius 3 is 2.44 bits per heavy atom. The molecule has 9 heteroatoms. The van der Waals surface area contributed by atoms with E-state index in [1.165, 1.54) is 0 Å². The monoisotopic (exact) mass is 550 g/mol. The Hall–Kier alpha value is -3.88. The van der Waals surface area contributed by atoms with E-state index >= 15 is 0 Å². The van der Waals surface area contributed by atoms with Crippen LogP contribution in [0.3, 0.4) is 0 Å². The zero-order chi connectivity index (χ0) is 28.2. The van der Waals surface area contributed by atoms with Gasteiger partial charge in [-0.15, -0.1) is 0 Å². The average Bonchev–Trinajstić information content (AvgIpc) is 2.97. The topological polar surface area (TPSA) is 105 Å². The van der Waals surface area contributed by atoms with Gasteiger partial charge in [-0.1, -0.05) is 66.2 Å². The first-order chi connectivity index (χ1) is 18.5. The molecule has 3 aromatic carbocycles. The highest BCUT2D eigenvalue weighted by Gasteiger charge is 2.38. The lowest BCUT2D eigenvalue weighted by molar-refractivity contribution is -0.146. The lowest BCUT2D eigenvalue weighted by atomic mass is 9.97. The molecule has 0 radical (unpaired) electrons. The number of carboxylic acids is 1. The minimum Gasteiger partial charge on any atom is -0.481 e. The lowest BCUT2D eigenvalue weighted by Gasteiger charge is -2.25. The van der Waals surface area contributed by atoms with Gasteiger partial charge in [-0.3, -0.25) is 9.59 Å². The fraction of sp³-hybridized carbons (Fsp3) is 0.300. The molecule has 4 rings (SSSR count). The summed E-state index contributed by atoms with van der Waals surface area (Å²) in [7, 11) is 0. The second-order valence-corrected chi connectivity index (χ2v) is 10.8. The molecule has 0 saturated heterocycles. The summed E-state index contributed by atoms with van der Waals surface area (Å²) in [4.78, 5) is 39.2.